The Hall–Kier alpha value is -1.47. The zero-order valence-electron chi connectivity index (χ0n) is 9.54. The first-order chi connectivity index (χ1) is 8.50. The number of rotatable bonds is 2. The van der Waals surface area contributed by atoms with Gasteiger partial charge < -0.3 is 14.7 Å². The van der Waals surface area contributed by atoms with E-state index < -0.39 is 18.1 Å². The molecule has 0 bridgehead atoms. The Balaban J connectivity index is 2.37. The Labute approximate surface area is 112 Å². The number of morpholine rings is 1. The molecular weight excluding hydrogens is 304 g/mol. The van der Waals surface area contributed by atoms with Crippen molar-refractivity contribution in [2.75, 3.05) is 13.7 Å². The summed E-state index contributed by atoms with van der Waals surface area (Å²) >= 11 is 3.25. The molecule has 1 saturated heterocycles. The second-order valence-corrected chi connectivity index (χ2v) is 4.84. The van der Waals surface area contributed by atoms with Crippen molar-refractivity contribution in [3.05, 3.63) is 28.5 Å². The summed E-state index contributed by atoms with van der Waals surface area (Å²) in [6, 6.07) is 2.70. The van der Waals surface area contributed by atoms with Gasteiger partial charge in [-0.2, -0.15) is 0 Å². The Morgan fingerprint density at radius 2 is 2.33 bits per heavy atom. The number of hydrogen-bond donors (Lipinski definition) is 1. The molecule has 1 aliphatic heterocycles. The minimum Gasteiger partial charge on any atom is -0.479 e. The number of carboxylic acid groups (broad SMARTS) is 1. The number of aliphatic carboxylic acids is 1. The fourth-order valence-corrected chi connectivity index (χ4v) is 2.07. The van der Waals surface area contributed by atoms with Gasteiger partial charge in [0.15, 0.2) is 6.10 Å². The topological polar surface area (TPSA) is 79.7 Å². The Bertz CT molecular complexity index is 476. The summed E-state index contributed by atoms with van der Waals surface area (Å²) in [4.78, 5) is 28.2. The number of carbonyl (C=O) groups is 2. The van der Waals surface area contributed by atoms with Crippen molar-refractivity contribution in [1.29, 1.82) is 0 Å². The van der Waals surface area contributed by atoms with Crippen LogP contribution in [0.5, 0.6) is 0 Å². The highest BCUT2D eigenvalue weighted by Crippen LogP contribution is 2.28. The number of nitrogens with zero attached hydrogens (tertiary/aromatic N) is 2. The summed E-state index contributed by atoms with van der Waals surface area (Å²) in [5, 5.41) is 9.13. The molecule has 0 saturated carbocycles. The summed E-state index contributed by atoms with van der Waals surface area (Å²) in [5.74, 6) is -1.37. The fraction of sp³-hybridized carbons (Fsp3) is 0.364. The highest BCUT2D eigenvalue weighted by atomic mass is 79.9. The second-order valence-electron chi connectivity index (χ2n) is 3.92. The first-order valence-electron chi connectivity index (χ1n) is 5.22. The lowest BCUT2D eigenvalue weighted by molar-refractivity contribution is -0.171. The molecule has 2 heterocycles. The minimum absolute atomic E-state index is 0.222. The van der Waals surface area contributed by atoms with Crippen molar-refractivity contribution in [2.24, 2.45) is 0 Å². The van der Waals surface area contributed by atoms with E-state index in [9.17, 15) is 9.59 Å². The molecule has 0 aliphatic carbocycles. The number of aromatic nitrogens is 1. The summed E-state index contributed by atoms with van der Waals surface area (Å²) in [6.45, 7) is -0.222. The standard InChI is InChI=1S/C11H11BrN2O4/c1-14-8(15)5-18-10(11(16)17)9(14)7-3-2-6(12)4-13-7/h2-4,9-10H,5H2,1H3,(H,16,17). The monoisotopic (exact) mass is 314 g/mol. The Morgan fingerprint density at radius 3 is 2.89 bits per heavy atom. The number of amides is 1. The molecule has 1 aromatic rings. The lowest BCUT2D eigenvalue weighted by Gasteiger charge is -2.36. The number of ether oxygens (including phenoxy) is 1. The average molecular weight is 315 g/mol. The molecule has 7 heteroatoms. The third-order valence-electron chi connectivity index (χ3n) is 2.78. The number of likely N-dealkylation sites (N-methyl/N-ethyl adjacent to an activating group) is 1. The minimum atomic E-state index is -1.11. The van der Waals surface area contributed by atoms with Crippen LogP contribution in [0.3, 0.4) is 0 Å². The maximum atomic E-state index is 11.6. The first kappa shape index (κ1) is 13.0. The number of carbonyl (C=O) groups excluding carboxylic acids is 1. The van der Waals surface area contributed by atoms with Gasteiger partial charge in [0.05, 0.1) is 5.69 Å². The smallest absolute Gasteiger partial charge is 0.335 e. The summed E-state index contributed by atoms with van der Waals surface area (Å²) in [6.07, 6.45) is 0.461. The van der Waals surface area contributed by atoms with Crippen LogP contribution in [0.25, 0.3) is 0 Å². The largest absolute Gasteiger partial charge is 0.479 e. The van der Waals surface area contributed by atoms with Crippen LogP contribution in [0.2, 0.25) is 0 Å². The van der Waals surface area contributed by atoms with Crippen LogP contribution in [0.1, 0.15) is 11.7 Å². The molecule has 1 aliphatic rings. The van der Waals surface area contributed by atoms with Gasteiger partial charge in [-0.25, -0.2) is 4.79 Å². The van der Waals surface area contributed by atoms with Crippen molar-refractivity contribution < 1.29 is 19.4 Å². The normalized spacial score (nSPS) is 24.1. The van der Waals surface area contributed by atoms with Gasteiger partial charge >= 0.3 is 5.97 Å². The van der Waals surface area contributed by atoms with Crippen LogP contribution in [0, 0.1) is 0 Å². The van der Waals surface area contributed by atoms with E-state index in [1.807, 2.05) is 0 Å². The van der Waals surface area contributed by atoms with Gasteiger partial charge in [-0.1, -0.05) is 0 Å². The zero-order valence-corrected chi connectivity index (χ0v) is 11.1. The highest BCUT2D eigenvalue weighted by Gasteiger charge is 2.40. The van der Waals surface area contributed by atoms with E-state index in [0.29, 0.717) is 5.69 Å². The number of pyridine rings is 1. The molecule has 18 heavy (non-hydrogen) atoms. The summed E-state index contributed by atoms with van der Waals surface area (Å²) in [7, 11) is 1.55. The van der Waals surface area contributed by atoms with Crippen molar-refractivity contribution in [2.45, 2.75) is 12.1 Å². The van der Waals surface area contributed by atoms with Crippen molar-refractivity contribution in [1.82, 2.24) is 9.88 Å². The molecule has 0 spiro atoms. The maximum absolute atomic E-state index is 11.6. The predicted molar refractivity (Wildman–Crippen MR) is 64.8 cm³/mol. The van der Waals surface area contributed by atoms with Crippen molar-refractivity contribution in [3.63, 3.8) is 0 Å². The molecule has 1 aromatic heterocycles. The van der Waals surface area contributed by atoms with Gasteiger partial charge in [-0.15, -0.1) is 0 Å². The molecule has 1 fully saturated rings. The molecule has 96 valence electrons. The van der Waals surface area contributed by atoms with Crippen LogP contribution < -0.4 is 0 Å². The van der Waals surface area contributed by atoms with Crippen LogP contribution in [-0.2, 0) is 14.3 Å². The lowest BCUT2D eigenvalue weighted by Crippen LogP contribution is -2.50. The predicted octanol–water partition coefficient (Wildman–Crippen LogP) is 0.827. The van der Waals surface area contributed by atoms with Gasteiger partial charge in [0.1, 0.15) is 12.6 Å². The van der Waals surface area contributed by atoms with E-state index in [0.717, 1.165) is 4.47 Å². The Morgan fingerprint density at radius 1 is 1.61 bits per heavy atom. The molecule has 6 nitrogen and oxygen atoms in total. The van der Waals surface area contributed by atoms with Crippen LogP contribution >= 0.6 is 15.9 Å². The number of halogens is 1. The molecule has 2 unspecified atom stereocenters. The van der Waals surface area contributed by atoms with E-state index in [-0.39, 0.29) is 12.5 Å². The third-order valence-corrected chi connectivity index (χ3v) is 3.25. The van der Waals surface area contributed by atoms with E-state index in [4.69, 9.17) is 9.84 Å². The molecule has 1 N–H and O–H groups in total. The second kappa shape index (κ2) is 5.03. The Kier molecular flexibility index (Phi) is 3.63. The quantitative estimate of drug-likeness (QED) is 0.874. The van der Waals surface area contributed by atoms with Crippen molar-refractivity contribution >= 4 is 27.8 Å². The van der Waals surface area contributed by atoms with E-state index in [1.165, 1.54) is 4.90 Å². The zero-order chi connectivity index (χ0) is 13.3. The van der Waals surface area contributed by atoms with Crippen LogP contribution in [-0.4, -0.2) is 46.6 Å². The molecular formula is C11H11BrN2O4. The molecule has 1 amide bonds. The van der Waals surface area contributed by atoms with Gasteiger partial charge in [0, 0.05) is 17.7 Å². The SMILES string of the molecule is CN1C(=O)COC(C(=O)O)C1c1ccc(Br)cn1. The summed E-state index contributed by atoms with van der Waals surface area (Å²) in [5.41, 5.74) is 0.487. The number of hydrogen-bond acceptors (Lipinski definition) is 4. The van der Waals surface area contributed by atoms with Crippen LogP contribution in [0.4, 0.5) is 0 Å². The van der Waals surface area contributed by atoms with E-state index in [1.54, 1.807) is 25.4 Å². The maximum Gasteiger partial charge on any atom is 0.335 e. The van der Waals surface area contributed by atoms with Gasteiger partial charge in [-0.3, -0.25) is 9.78 Å². The molecule has 2 atom stereocenters. The highest BCUT2D eigenvalue weighted by molar-refractivity contribution is 9.10. The summed E-state index contributed by atoms with van der Waals surface area (Å²) < 4.78 is 5.86. The van der Waals surface area contributed by atoms with E-state index >= 15 is 0 Å². The third kappa shape index (κ3) is 2.37. The lowest BCUT2D eigenvalue weighted by atomic mass is 10.0. The number of carboxylic acids is 1. The molecule has 0 radical (unpaired) electrons. The molecule has 2 rings (SSSR count). The molecule has 0 aromatic carbocycles. The van der Waals surface area contributed by atoms with E-state index in [2.05, 4.69) is 20.9 Å². The average Bonchev–Trinajstić information content (AvgIpc) is 2.33. The van der Waals surface area contributed by atoms with Gasteiger partial charge in [-0.05, 0) is 28.1 Å². The fourth-order valence-electron chi connectivity index (χ4n) is 1.83. The first-order valence-corrected chi connectivity index (χ1v) is 6.01. The van der Waals surface area contributed by atoms with Gasteiger partial charge in [0.25, 0.3) is 0 Å². The van der Waals surface area contributed by atoms with Gasteiger partial charge in [0.2, 0.25) is 5.91 Å². The van der Waals surface area contributed by atoms with Crippen LogP contribution in [0.15, 0.2) is 22.8 Å². The van der Waals surface area contributed by atoms with Crippen molar-refractivity contribution in [3.8, 4) is 0 Å².